The van der Waals surface area contributed by atoms with Crippen molar-refractivity contribution in [2.45, 2.75) is 31.5 Å². The number of aromatic nitrogens is 1. The Labute approximate surface area is 139 Å². The van der Waals surface area contributed by atoms with Crippen LogP contribution >= 0.6 is 0 Å². The molecule has 3 atom stereocenters. The predicted molar refractivity (Wildman–Crippen MR) is 55.3 cm³/mol. The van der Waals surface area contributed by atoms with E-state index in [1.165, 1.54) is 0 Å². The third-order valence-corrected chi connectivity index (χ3v) is 2.87. The summed E-state index contributed by atoms with van der Waals surface area (Å²) >= 11 is 0. The molecule has 1 radical (unpaired) electrons. The van der Waals surface area contributed by atoms with Gasteiger partial charge in [0.15, 0.2) is 17.3 Å². The largest absolute Gasteiger partial charge is 0.436 e. The molecular weight excluding hydrogens is 413 g/mol. The molecule has 0 spiro atoms. The van der Waals surface area contributed by atoms with E-state index in [2.05, 4.69) is 0 Å². The minimum absolute atomic E-state index is 0. The molecule has 0 aliphatic heterocycles. The summed E-state index contributed by atoms with van der Waals surface area (Å²) in [5, 5.41) is 18.4. The van der Waals surface area contributed by atoms with Crippen molar-refractivity contribution in [2.75, 3.05) is 0 Å². The van der Waals surface area contributed by atoms with Gasteiger partial charge in [-0.15, -0.1) is 0 Å². The molecule has 24 heavy (non-hydrogen) atoms. The van der Waals surface area contributed by atoms with Crippen LogP contribution in [0.1, 0.15) is 24.3 Å². The Morgan fingerprint density at radius 3 is 1.71 bits per heavy atom. The zero-order chi connectivity index (χ0) is 18.3. The molecule has 0 aliphatic carbocycles. The second-order valence-corrected chi connectivity index (χ2v) is 4.54. The predicted octanol–water partition coefficient (Wildman–Crippen LogP) is 3.11. The Balaban J connectivity index is 0.00000529. The Morgan fingerprint density at radius 2 is 1.38 bits per heavy atom. The SMILES string of the molecule is CC(O)C(C(O)c1c(F)c(F)nc(C(F)(F)F)c1F)C(F)(F)F.[Cu]. The maximum absolute atomic E-state index is 13.7. The zero-order valence-corrected chi connectivity index (χ0v) is 12.2. The third kappa shape index (κ3) is 4.52. The molecule has 0 aromatic carbocycles. The van der Waals surface area contributed by atoms with Gasteiger partial charge in [-0.3, -0.25) is 0 Å². The summed E-state index contributed by atoms with van der Waals surface area (Å²) in [6.07, 6.45) is -16.9. The van der Waals surface area contributed by atoms with E-state index < -0.39 is 59.3 Å². The van der Waals surface area contributed by atoms with Gasteiger partial charge in [-0.1, -0.05) is 0 Å². The summed E-state index contributed by atoms with van der Waals surface area (Å²) in [4.78, 5) is 1.96. The summed E-state index contributed by atoms with van der Waals surface area (Å²) < 4.78 is 116. The molecule has 1 rings (SSSR count). The van der Waals surface area contributed by atoms with E-state index in [-0.39, 0.29) is 17.1 Å². The number of nitrogens with zero attached hydrogens (tertiary/aromatic N) is 1. The monoisotopic (exact) mass is 420 g/mol. The van der Waals surface area contributed by atoms with Crippen LogP contribution in [0.5, 0.6) is 0 Å². The zero-order valence-electron chi connectivity index (χ0n) is 11.3. The smallest absolute Gasteiger partial charge is 0.393 e. The van der Waals surface area contributed by atoms with E-state index >= 15 is 0 Å². The molecule has 0 saturated carbocycles. The second kappa shape index (κ2) is 7.46. The average molecular weight is 421 g/mol. The van der Waals surface area contributed by atoms with Gasteiger partial charge in [-0.05, 0) is 6.92 Å². The minimum atomic E-state index is -5.65. The van der Waals surface area contributed by atoms with Gasteiger partial charge in [0.25, 0.3) is 0 Å². The topological polar surface area (TPSA) is 53.4 Å². The molecule has 0 amide bonds. The summed E-state index contributed by atoms with van der Waals surface area (Å²) in [6, 6.07) is 0. The number of hydrogen-bond donors (Lipinski definition) is 2. The van der Waals surface area contributed by atoms with Crippen molar-refractivity contribution in [2.24, 2.45) is 5.92 Å². The Morgan fingerprint density at radius 1 is 0.917 bits per heavy atom. The third-order valence-electron chi connectivity index (χ3n) is 2.87. The molecule has 1 aromatic rings. The van der Waals surface area contributed by atoms with Crippen LogP contribution in [0.3, 0.4) is 0 Å². The summed E-state index contributed by atoms with van der Waals surface area (Å²) in [6.45, 7) is 0.486. The van der Waals surface area contributed by atoms with Gasteiger partial charge < -0.3 is 10.2 Å². The van der Waals surface area contributed by atoms with E-state index in [0.717, 1.165) is 0 Å². The van der Waals surface area contributed by atoms with Crippen molar-refractivity contribution >= 4 is 0 Å². The first-order valence-electron chi connectivity index (χ1n) is 5.74. The molecule has 0 aliphatic rings. The number of halogens is 9. The molecule has 1 heterocycles. The van der Waals surface area contributed by atoms with Crippen molar-refractivity contribution in [3.63, 3.8) is 0 Å². The minimum Gasteiger partial charge on any atom is -0.393 e. The molecular formula is C11H8CuF9NO2. The van der Waals surface area contributed by atoms with E-state index in [9.17, 15) is 44.6 Å². The van der Waals surface area contributed by atoms with Crippen LogP contribution in [0.4, 0.5) is 39.5 Å². The van der Waals surface area contributed by atoms with Crippen LogP contribution < -0.4 is 0 Å². The quantitative estimate of drug-likeness (QED) is 0.449. The van der Waals surface area contributed by atoms with Crippen LogP contribution in [0.25, 0.3) is 0 Å². The first-order chi connectivity index (χ1) is 10.2. The number of aliphatic hydroxyl groups is 2. The molecule has 13 heteroatoms. The molecule has 143 valence electrons. The average Bonchev–Trinajstić information content (AvgIpc) is 2.30. The van der Waals surface area contributed by atoms with E-state index in [1.54, 1.807) is 0 Å². The first kappa shape index (κ1) is 23.0. The van der Waals surface area contributed by atoms with Crippen molar-refractivity contribution < 1.29 is 66.8 Å². The van der Waals surface area contributed by atoms with Gasteiger partial charge >= 0.3 is 12.4 Å². The number of alkyl halides is 6. The van der Waals surface area contributed by atoms with Crippen LogP contribution in [0.15, 0.2) is 0 Å². The normalized spacial score (nSPS) is 16.3. The summed E-state index contributed by atoms with van der Waals surface area (Å²) in [7, 11) is 0. The molecule has 2 N–H and O–H groups in total. The number of hydrogen-bond acceptors (Lipinski definition) is 3. The van der Waals surface area contributed by atoms with Gasteiger partial charge in [0, 0.05) is 17.1 Å². The van der Waals surface area contributed by atoms with Gasteiger partial charge in [0.1, 0.15) is 5.92 Å². The van der Waals surface area contributed by atoms with Crippen LogP contribution in [-0.4, -0.2) is 27.5 Å². The van der Waals surface area contributed by atoms with Crippen LogP contribution in [0.2, 0.25) is 0 Å². The van der Waals surface area contributed by atoms with E-state index in [1.807, 2.05) is 4.98 Å². The van der Waals surface area contributed by atoms with Gasteiger partial charge in [0.05, 0.1) is 17.8 Å². The van der Waals surface area contributed by atoms with Crippen molar-refractivity contribution in [1.82, 2.24) is 4.98 Å². The number of pyridine rings is 1. The maximum atomic E-state index is 13.7. The fourth-order valence-electron chi connectivity index (χ4n) is 1.87. The fourth-order valence-corrected chi connectivity index (χ4v) is 1.87. The number of aliphatic hydroxyl groups excluding tert-OH is 2. The maximum Gasteiger partial charge on any atom is 0.436 e. The van der Waals surface area contributed by atoms with Gasteiger partial charge in [-0.2, -0.15) is 30.7 Å². The van der Waals surface area contributed by atoms with Gasteiger partial charge in [0.2, 0.25) is 5.95 Å². The molecule has 3 nitrogen and oxygen atoms in total. The van der Waals surface area contributed by atoms with Crippen molar-refractivity contribution in [3.05, 3.63) is 28.8 Å². The number of rotatable bonds is 3. The van der Waals surface area contributed by atoms with Gasteiger partial charge in [-0.25, -0.2) is 13.8 Å². The first-order valence-corrected chi connectivity index (χ1v) is 5.74. The Kier molecular flexibility index (Phi) is 7.14. The van der Waals surface area contributed by atoms with Crippen LogP contribution in [-0.2, 0) is 23.2 Å². The molecule has 0 bridgehead atoms. The summed E-state index contributed by atoms with van der Waals surface area (Å²) in [5.41, 5.74) is -4.84. The Hall–Kier alpha value is -1.04. The molecule has 1 aromatic heterocycles. The van der Waals surface area contributed by atoms with Crippen LogP contribution in [0, 0.1) is 23.5 Å². The van der Waals surface area contributed by atoms with E-state index in [0.29, 0.717) is 6.92 Å². The fraction of sp³-hybridized carbons (Fsp3) is 0.545. The molecule has 0 fully saturated rings. The second-order valence-electron chi connectivity index (χ2n) is 4.54. The van der Waals surface area contributed by atoms with E-state index in [4.69, 9.17) is 5.11 Å². The van der Waals surface area contributed by atoms with Crippen molar-refractivity contribution in [1.29, 1.82) is 0 Å². The molecule has 3 unspecified atom stereocenters. The van der Waals surface area contributed by atoms with Crippen molar-refractivity contribution in [3.8, 4) is 0 Å². The standard InChI is InChI=1S/C11H8F9NO2.Cu/c1-2(22)4(10(15,16)17)7(23)3-5(12)8(11(18,19)20)21-9(14)6(3)13;/h2,4,7,22-23H,1H3;. The summed E-state index contributed by atoms with van der Waals surface area (Å²) in [5.74, 6) is -11.0. The Bertz CT molecular complexity index is 588. The molecule has 0 saturated heterocycles.